The molecule has 0 spiro atoms. The molecular weight excluding hydrogens is 80.9 g/mol. The van der Waals surface area contributed by atoms with Crippen LogP contribution in [0.5, 0.6) is 0 Å². The van der Waals surface area contributed by atoms with Gasteiger partial charge in [-0.3, -0.25) is 0 Å². The minimum absolute atomic E-state index is 0. The monoisotopic (exact) mass is 94.1 g/mol. The van der Waals surface area contributed by atoms with Crippen molar-refractivity contribution in [2.45, 2.75) is 7.43 Å². The lowest BCUT2D eigenvalue weighted by atomic mass is 10.8. The molecule has 5 heavy (non-hydrogen) atoms. The molecule has 0 aromatic heterocycles. The van der Waals surface area contributed by atoms with E-state index in [1.807, 2.05) is 0 Å². The molecule has 4 heteroatoms. The van der Waals surface area contributed by atoms with Gasteiger partial charge in [-0.25, -0.2) is 0 Å². The van der Waals surface area contributed by atoms with Crippen molar-refractivity contribution in [2.75, 3.05) is 0 Å². The van der Waals surface area contributed by atoms with Gasteiger partial charge in [-0.2, -0.15) is 0 Å². The first kappa shape index (κ1) is 2250. The molecule has 0 unspecified atom stereocenters. The summed E-state index contributed by atoms with van der Waals surface area (Å²) in [6.07, 6.45) is 0. The summed E-state index contributed by atoms with van der Waals surface area (Å²) in [5.74, 6) is 0. The van der Waals surface area contributed by atoms with Crippen LogP contribution in [0.3, 0.4) is 0 Å². The molecule has 0 saturated heterocycles. The third kappa shape index (κ3) is 500. The second-order valence-electron chi connectivity index (χ2n) is 0. The summed E-state index contributed by atoms with van der Waals surface area (Å²) in [5.41, 5.74) is 0. The maximum Gasteiger partial charge on any atom is 0 e. The van der Waals surface area contributed by atoms with Gasteiger partial charge in [0.25, 0.3) is 0 Å². The molecule has 0 aliphatic heterocycles. The Morgan fingerprint density at radius 1 is 1.00 bits per heavy atom. The van der Waals surface area contributed by atoms with Crippen molar-refractivity contribution in [3.63, 3.8) is 0 Å². The first-order valence-electron chi connectivity index (χ1n) is 0. The molecular formula is CH13BNOSi. The normalized spacial score (nSPS) is 0. The lowest BCUT2D eigenvalue weighted by Crippen LogP contribution is -0.481. The van der Waals surface area contributed by atoms with E-state index in [9.17, 15) is 0 Å². The first-order chi connectivity index (χ1) is 0. The fraction of sp³-hybridized carbons (Fsp3) is 1.00. The Hall–Kier alpha value is 0.202. The molecule has 35 valence electrons. The Labute approximate surface area is 39.5 Å². The second kappa shape index (κ2) is 1060. The van der Waals surface area contributed by atoms with Crippen LogP contribution in [0.25, 0.3) is 0 Å². The average Bonchev–Trinajstić information content (AvgIpc) is 0. The molecule has 0 saturated carbocycles. The quantitative estimate of drug-likeness (QED) is 0.351. The molecule has 3 radical (unpaired) electrons. The Kier molecular flexibility index (Phi) is 477000. The van der Waals surface area contributed by atoms with Gasteiger partial charge in [0.05, 0.1) is 0 Å². The number of rotatable bonds is 0. The predicted octanol–water partition coefficient (Wildman–Crippen LogP) is -1.86. The van der Waals surface area contributed by atoms with Crippen molar-refractivity contribution in [1.82, 2.24) is 6.15 Å². The molecule has 5 N–H and O–H groups in total. The van der Waals surface area contributed by atoms with Gasteiger partial charge in [0.15, 0.2) is 0 Å². The van der Waals surface area contributed by atoms with Crippen molar-refractivity contribution in [1.29, 1.82) is 0 Å². The van der Waals surface area contributed by atoms with E-state index in [1.165, 1.54) is 0 Å². The molecule has 0 aromatic rings. The molecule has 0 aromatic carbocycles. The Bertz CT molecular complexity index is 11.6. The van der Waals surface area contributed by atoms with E-state index in [0.29, 0.717) is 0 Å². The lowest BCUT2D eigenvalue weighted by Gasteiger charge is -0.412. The summed E-state index contributed by atoms with van der Waals surface area (Å²) in [6, 6.07) is 0. The second-order valence-corrected chi connectivity index (χ2v) is 0. The topological polar surface area (TPSA) is 66.5 Å². The van der Waals surface area contributed by atoms with Gasteiger partial charge in [-0.1, -0.05) is 7.43 Å². The van der Waals surface area contributed by atoms with Gasteiger partial charge in [0.1, 0.15) is 0 Å². The molecule has 2 nitrogen and oxygen atoms in total. The van der Waals surface area contributed by atoms with Crippen LogP contribution in [-0.4, -0.2) is 24.9 Å². The van der Waals surface area contributed by atoms with Crippen molar-refractivity contribution in [3.05, 3.63) is 0 Å². The fourth-order valence-electron chi connectivity index (χ4n) is 0. The summed E-state index contributed by atoms with van der Waals surface area (Å²) < 4.78 is 0. The number of hydrogen-bond donors (Lipinski definition) is 1. The van der Waals surface area contributed by atoms with Crippen molar-refractivity contribution < 1.29 is 5.48 Å². The highest BCUT2D eigenvalue weighted by molar-refractivity contribution is 5.76. The third-order valence-electron chi connectivity index (χ3n) is 0. The molecule has 0 aliphatic rings. The van der Waals surface area contributed by atoms with E-state index >= 15 is 0 Å². The van der Waals surface area contributed by atoms with Gasteiger partial charge in [-0.05, 0) is 11.0 Å². The molecule has 0 aliphatic carbocycles. The highest BCUT2D eigenvalue weighted by Crippen LogP contribution is 0.144. The third-order valence-corrected chi connectivity index (χ3v) is 0. The summed E-state index contributed by atoms with van der Waals surface area (Å²) in [5, 5.41) is 0. The van der Waals surface area contributed by atoms with Crippen LogP contribution < -0.4 is 6.15 Å². The zero-order valence-corrected chi connectivity index (χ0v) is 1.78. The smallest absolute Gasteiger partial charge is 0 e. The molecule has 0 bridgehead atoms. The van der Waals surface area contributed by atoms with Gasteiger partial charge in [0, 0.05) is 8.41 Å². The van der Waals surface area contributed by atoms with Crippen molar-refractivity contribution in [2.24, 2.45) is 0 Å². The maximum absolute atomic E-state index is 0. The van der Waals surface area contributed by atoms with E-state index in [0.717, 1.165) is 0 Å². The van der Waals surface area contributed by atoms with Crippen LogP contribution in [0.15, 0.2) is 0 Å². The Morgan fingerprint density at radius 3 is 1.00 bits per heavy atom. The van der Waals surface area contributed by atoms with Crippen molar-refractivity contribution >= 4 is 19.4 Å². The highest BCUT2D eigenvalue weighted by atomic mass is 28.1. The van der Waals surface area contributed by atoms with Gasteiger partial charge >= 0.3 is 0 Å². The largest absolute Gasteiger partial charge is 0.412 e. The standard InChI is InChI=1S/CH4.B.H3N.H2O.H4Si/h1H4;;1H3;1H2;1H4. The minimum Gasteiger partial charge on any atom is -0.412 e. The Balaban J connectivity index is 0. The minimum atomic E-state index is 0. The first-order valence-corrected chi connectivity index (χ1v) is 0. The van der Waals surface area contributed by atoms with Crippen LogP contribution in [-0.2, 0) is 0 Å². The van der Waals surface area contributed by atoms with E-state index in [1.54, 1.807) is 0 Å². The van der Waals surface area contributed by atoms with Crippen LogP contribution in [0.4, 0.5) is 0 Å². The van der Waals surface area contributed by atoms with Crippen molar-refractivity contribution in [3.8, 4) is 0 Å². The van der Waals surface area contributed by atoms with Crippen LogP contribution in [0, 0.1) is 0 Å². The summed E-state index contributed by atoms with van der Waals surface area (Å²) in [6.45, 7) is 0. The molecule has 0 rings (SSSR count). The lowest BCUT2D eigenvalue weighted by molar-refractivity contribution is 0.824. The van der Waals surface area contributed by atoms with Gasteiger partial charge in [-0.15, -0.1) is 0 Å². The molecule has 0 heterocycles. The number of hydrogen-bond acceptors (Lipinski definition) is 1. The molecule has 0 fully saturated rings. The molecule has 0 amide bonds. The SMILES string of the molecule is C.N.O.[B].[SiH4]. The predicted molar refractivity (Wildman–Crippen MR) is 32.5 cm³/mol. The van der Waals surface area contributed by atoms with Crippen LogP contribution >= 0.6 is 0 Å². The molecule has 0 atom stereocenters. The van der Waals surface area contributed by atoms with E-state index in [4.69, 9.17) is 0 Å². The van der Waals surface area contributed by atoms with Gasteiger partial charge < -0.3 is 11.6 Å². The fourth-order valence-corrected chi connectivity index (χ4v) is 0. The van der Waals surface area contributed by atoms with E-state index < -0.39 is 0 Å². The summed E-state index contributed by atoms with van der Waals surface area (Å²) >= 11 is 0. The van der Waals surface area contributed by atoms with Gasteiger partial charge in [0.2, 0.25) is 0 Å². The van der Waals surface area contributed by atoms with Crippen LogP contribution in [0.2, 0.25) is 0 Å². The zero-order chi connectivity index (χ0) is 0. The Morgan fingerprint density at radius 2 is 1.00 bits per heavy atom. The highest BCUT2D eigenvalue weighted by Gasteiger charge is 0.0000879. The average molecular weight is 94.0 g/mol. The summed E-state index contributed by atoms with van der Waals surface area (Å²) in [7, 11) is 0. The van der Waals surface area contributed by atoms with E-state index in [2.05, 4.69) is 0 Å². The maximum atomic E-state index is 0. The summed E-state index contributed by atoms with van der Waals surface area (Å²) in [4.78, 5) is 0. The van der Waals surface area contributed by atoms with Crippen LogP contribution in [0.1, 0.15) is 7.43 Å². The zero-order valence-electron chi connectivity index (χ0n) is 1.78. The van der Waals surface area contributed by atoms with E-state index in [-0.39, 0.29) is 38.4 Å².